The van der Waals surface area contributed by atoms with Gasteiger partial charge in [-0.3, -0.25) is 0 Å². The van der Waals surface area contributed by atoms with Gasteiger partial charge in [0.25, 0.3) is 0 Å². The third-order valence-electron chi connectivity index (χ3n) is 2.98. The Labute approximate surface area is 111 Å². The van der Waals surface area contributed by atoms with Crippen LogP contribution >= 0.6 is 0 Å². The first kappa shape index (κ1) is 13.3. The summed E-state index contributed by atoms with van der Waals surface area (Å²) in [5.74, 6) is -0.938. The second-order valence-electron chi connectivity index (χ2n) is 4.74. The highest BCUT2D eigenvalue weighted by molar-refractivity contribution is 5.86. The van der Waals surface area contributed by atoms with Crippen molar-refractivity contribution < 1.29 is 9.90 Å². The highest BCUT2D eigenvalue weighted by atomic mass is 16.4. The molecule has 2 rings (SSSR count). The summed E-state index contributed by atoms with van der Waals surface area (Å²) in [6.07, 6.45) is 0.809. The van der Waals surface area contributed by atoms with E-state index in [1.807, 2.05) is 44.2 Å². The molecular weight excluding hydrogens is 242 g/mol. The Morgan fingerprint density at radius 3 is 2.58 bits per heavy atom. The number of aromatic carboxylic acids is 1. The monoisotopic (exact) mass is 259 g/mol. The minimum atomic E-state index is -1.02. The summed E-state index contributed by atoms with van der Waals surface area (Å²) in [6.45, 7) is 4.53. The molecule has 1 heterocycles. The van der Waals surface area contributed by atoms with Gasteiger partial charge in [-0.2, -0.15) is 0 Å². The van der Waals surface area contributed by atoms with E-state index < -0.39 is 5.97 Å². The summed E-state index contributed by atoms with van der Waals surface area (Å²) in [6, 6.07) is 10.0. The van der Waals surface area contributed by atoms with E-state index in [1.165, 1.54) is 5.56 Å². The Bertz CT molecular complexity index is 561. The molecule has 19 heavy (non-hydrogen) atoms. The maximum absolute atomic E-state index is 11.1. The standard InChI is InChI=1S/C14H17N3O2/c1-10(2)13-12(14(18)19)15-16-17(13)9-8-11-6-4-3-5-7-11/h3-7,10H,8-9H2,1-2H3,(H,18,19). The molecule has 2 aromatic rings. The summed E-state index contributed by atoms with van der Waals surface area (Å²) in [5.41, 5.74) is 1.94. The van der Waals surface area contributed by atoms with Crippen LogP contribution in [-0.2, 0) is 13.0 Å². The smallest absolute Gasteiger partial charge is 0.358 e. The molecule has 0 aliphatic heterocycles. The van der Waals surface area contributed by atoms with Crippen molar-refractivity contribution in [3.05, 3.63) is 47.3 Å². The zero-order valence-electron chi connectivity index (χ0n) is 11.1. The van der Waals surface area contributed by atoms with Crippen LogP contribution in [0.15, 0.2) is 30.3 Å². The van der Waals surface area contributed by atoms with Crippen LogP contribution < -0.4 is 0 Å². The molecule has 0 radical (unpaired) electrons. The highest BCUT2D eigenvalue weighted by Crippen LogP contribution is 2.18. The van der Waals surface area contributed by atoms with Crippen molar-refractivity contribution in [3.63, 3.8) is 0 Å². The Hall–Kier alpha value is -2.17. The van der Waals surface area contributed by atoms with Crippen LogP contribution in [0.25, 0.3) is 0 Å². The van der Waals surface area contributed by atoms with E-state index in [-0.39, 0.29) is 11.6 Å². The van der Waals surface area contributed by atoms with E-state index >= 15 is 0 Å². The normalized spacial score (nSPS) is 10.9. The predicted molar refractivity (Wildman–Crippen MR) is 71.2 cm³/mol. The molecule has 0 amide bonds. The molecule has 5 heteroatoms. The fourth-order valence-corrected chi connectivity index (χ4v) is 2.09. The number of hydrogen-bond acceptors (Lipinski definition) is 3. The van der Waals surface area contributed by atoms with Crippen molar-refractivity contribution in [2.24, 2.45) is 0 Å². The Morgan fingerprint density at radius 1 is 1.32 bits per heavy atom. The van der Waals surface area contributed by atoms with E-state index in [4.69, 9.17) is 5.11 Å². The lowest BCUT2D eigenvalue weighted by Gasteiger charge is -2.09. The van der Waals surface area contributed by atoms with Crippen LogP contribution in [0.4, 0.5) is 0 Å². The fraction of sp³-hybridized carbons (Fsp3) is 0.357. The van der Waals surface area contributed by atoms with Crippen LogP contribution in [0.3, 0.4) is 0 Å². The predicted octanol–water partition coefficient (Wildman–Crippen LogP) is 2.34. The molecule has 0 unspecified atom stereocenters. The molecular formula is C14H17N3O2. The van der Waals surface area contributed by atoms with Crippen molar-refractivity contribution in [2.75, 3.05) is 0 Å². The summed E-state index contributed by atoms with van der Waals surface area (Å²) in [5, 5.41) is 16.8. The van der Waals surface area contributed by atoms with Gasteiger partial charge in [-0.05, 0) is 17.9 Å². The first-order valence-electron chi connectivity index (χ1n) is 6.30. The first-order valence-corrected chi connectivity index (χ1v) is 6.30. The molecule has 0 fully saturated rings. The van der Waals surface area contributed by atoms with Crippen molar-refractivity contribution in [3.8, 4) is 0 Å². The number of hydrogen-bond donors (Lipinski definition) is 1. The van der Waals surface area contributed by atoms with Gasteiger partial charge in [-0.25, -0.2) is 9.48 Å². The minimum absolute atomic E-state index is 0.0584. The maximum atomic E-state index is 11.1. The molecule has 5 nitrogen and oxygen atoms in total. The molecule has 0 bridgehead atoms. The number of carboxylic acids is 1. The lowest BCUT2D eigenvalue weighted by Crippen LogP contribution is -2.11. The van der Waals surface area contributed by atoms with Gasteiger partial charge >= 0.3 is 5.97 Å². The van der Waals surface area contributed by atoms with Crippen LogP contribution in [0.5, 0.6) is 0 Å². The van der Waals surface area contributed by atoms with Crippen LogP contribution in [0.1, 0.15) is 41.5 Å². The molecule has 1 aromatic heterocycles. The van der Waals surface area contributed by atoms with E-state index in [9.17, 15) is 4.79 Å². The van der Waals surface area contributed by atoms with E-state index in [0.717, 1.165) is 6.42 Å². The third-order valence-corrected chi connectivity index (χ3v) is 2.98. The molecule has 0 aliphatic carbocycles. The maximum Gasteiger partial charge on any atom is 0.358 e. The number of carbonyl (C=O) groups is 1. The second kappa shape index (κ2) is 5.65. The summed E-state index contributed by atoms with van der Waals surface area (Å²) < 4.78 is 1.70. The molecule has 1 N–H and O–H groups in total. The van der Waals surface area contributed by atoms with E-state index in [1.54, 1.807) is 4.68 Å². The van der Waals surface area contributed by atoms with Crippen LogP contribution in [-0.4, -0.2) is 26.1 Å². The van der Waals surface area contributed by atoms with Crippen molar-refractivity contribution in [2.45, 2.75) is 32.7 Å². The SMILES string of the molecule is CC(C)c1c(C(=O)O)nnn1CCc1ccccc1. The van der Waals surface area contributed by atoms with Crippen molar-refractivity contribution in [1.82, 2.24) is 15.0 Å². The zero-order valence-corrected chi connectivity index (χ0v) is 11.1. The summed E-state index contributed by atoms with van der Waals surface area (Å²) >= 11 is 0. The topological polar surface area (TPSA) is 68.0 Å². The van der Waals surface area contributed by atoms with Gasteiger partial charge in [0.05, 0.1) is 5.69 Å². The molecule has 0 aliphatic rings. The number of carboxylic acid groups (broad SMARTS) is 1. The molecule has 0 spiro atoms. The zero-order chi connectivity index (χ0) is 13.8. The third kappa shape index (κ3) is 2.99. The highest BCUT2D eigenvalue weighted by Gasteiger charge is 2.21. The molecule has 0 saturated carbocycles. The average Bonchev–Trinajstić information content (AvgIpc) is 2.81. The van der Waals surface area contributed by atoms with Gasteiger partial charge in [-0.1, -0.05) is 49.4 Å². The van der Waals surface area contributed by atoms with Gasteiger partial charge in [0.1, 0.15) is 0 Å². The van der Waals surface area contributed by atoms with E-state index in [2.05, 4.69) is 10.3 Å². The number of aryl methyl sites for hydroxylation is 2. The fourth-order valence-electron chi connectivity index (χ4n) is 2.09. The molecule has 0 saturated heterocycles. The molecule has 0 atom stereocenters. The largest absolute Gasteiger partial charge is 0.476 e. The molecule has 1 aromatic carbocycles. The second-order valence-corrected chi connectivity index (χ2v) is 4.74. The number of aromatic nitrogens is 3. The van der Waals surface area contributed by atoms with Gasteiger partial charge in [0, 0.05) is 6.54 Å². The summed E-state index contributed by atoms with van der Waals surface area (Å²) in [7, 11) is 0. The number of rotatable bonds is 5. The number of nitrogens with zero attached hydrogens (tertiary/aromatic N) is 3. The Kier molecular flexibility index (Phi) is 3.94. The first-order chi connectivity index (χ1) is 9.09. The van der Waals surface area contributed by atoms with Gasteiger partial charge in [0.2, 0.25) is 0 Å². The van der Waals surface area contributed by atoms with Crippen LogP contribution in [0, 0.1) is 0 Å². The lowest BCUT2D eigenvalue weighted by molar-refractivity contribution is 0.0688. The van der Waals surface area contributed by atoms with Gasteiger partial charge in [0.15, 0.2) is 5.69 Å². The lowest BCUT2D eigenvalue weighted by atomic mass is 10.1. The van der Waals surface area contributed by atoms with Crippen LogP contribution in [0.2, 0.25) is 0 Å². The Balaban J connectivity index is 2.19. The average molecular weight is 259 g/mol. The van der Waals surface area contributed by atoms with E-state index in [0.29, 0.717) is 12.2 Å². The van der Waals surface area contributed by atoms with Gasteiger partial charge in [-0.15, -0.1) is 5.10 Å². The van der Waals surface area contributed by atoms with Crippen molar-refractivity contribution in [1.29, 1.82) is 0 Å². The molecule has 100 valence electrons. The number of benzene rings is 1. The van der Waals surface area contributed by atoms with Gasteiger partial charge < -0.3 is 5.11 Å². The minimum Gasteiger partial charge on any atom is -0.476 e. The summed E-state index contributed by atoms with van der Waals surface area (Å²) in [4.78, 5) is 11.1. The Morgan fingerprint density at radius 2 is 2.00 bits per heavy atom. The van der Waals surface area contributed by atoms with Crippen molar-refractivity contribution >= 4 is 5.97 Å². The quantitative estimate of drug-likeness (QED) is 0.894.